The number of aromatic nitrogens is 2. The Bertz CT molecular complexity index is 1040. The van der Waals surface area contributed by atoms with Crippen LogP contribution < -0.4 is 10.9 Å². The molecule has 140 valence electrons. The Kier molecular flexibility index (Phi) is 5.91. The molecular weight excluding hydrogens is 362 g/mol. The molecule has 0 bridgehead atoms. The molecule has 1 amide bonds. The highest BCUT2D eigenvalue weighted by Crippen LogP contribution is 2.24. The third-order valence-electron chi connectivity index (χ3n) is 4.43. The van der Waals surface area contributed by atoms with Gasteiger partial charge in [0.05, 0.1) is 16.1 Å². The lowest BCUT2D eigenvalue weighted by Gasteiger charge is -2.12. The number of aryl methyl sites for hydroxylation is 2. The van der Waals surface area contributed by atoms with Gasteiger partial charge in [-0.05, 0) is 37.1 Å². The summed E-state index contributed by atoms with van der Waals surface area (Å²) in [5.41, 5.74) is 1.57. The van der Waals surface area contributed by atoms with E-state index in [-0.39, 0.29) is 17.2 Å². The summed E-state index contributed by atoms with van der Waals surface area (Å²) in [6.07, 6.45) is 2.88. The zero-order chi connectivity index (χ0) is 19.4. The summed E-state index contributed by atoms with van der Waals surface area (Å²) >= 11 is 6.23. The maximum absolute atomic E-state index is 12.9. The second kappa shape index (κ2) is 8.35. The second-order valence-electron chi connectivity index (χ2n) is 6.57. The summed E-state index contributed by atoms with van der Waals surface area (Å²) < 4.78 is 1.39. The first kappa shape index (κ1) is 19.1. The van der Waals surface area contributed by atoms with Crippen LogP contribution in [0.1, 0.15) is 42.2 Å². The number of carbonyl (C=O) groups excluding carboxylic acids is 1. The van der Waals surface area contributed by atoms with Gasteiger partial charge in [0.15, 0.2) is 5.69 Å². The number of carbonyl (C=O) groups is 1. The molecule has 0 aliphatic heterocycles. The van der Waals surface area contributed by atoms with Crippen molar-refractivity contribution in [3.63, 3.8) is 0 Å². The van der Waals surface area contributed by atoms with E-state index in [0.29, 0.717) is 28.0 Å². The predicted molar refractivity (Wildman–Crippen MR) is 110 cm³/mol. The van der Waals surface area contributed by atoms with Gasteiger partial charge in [0, 0.05) is 11.9 Å². The van der Waals surface area contributed by atoms with Gasteiger partial charge in [0.1, 0.15) is 0 Å². The van der Waals surface area contributed by atoms with E-state index in [0.717, 1.165) is 24.8 Å². The smallest absolute Gasteiger partial charge is 0.276 e. The van der Waals surface area contributed by atoms with Crippen molar-refractivity contribution >= 4 is 34.0 Å². The first-order chi connectivity index (χ1) is 13.0. The summed E-state index contributed by atoms with van der Waals surface area (Å²) in [7, 11) is 0. The van der Waals surface area contributed by atoms with E-state index in [1.165, 1.54) is 4.68 Å². The minimum absolute atomic E-state index is 0.174. The minimum atomic E-state index is -0.388. The summed E-state index contributed by atoms with van der Waals surface area (Å²) in [5.74, 6) is -0.388. The lowest BCUT2D eigenvalue weighted by Crippen LogP contribution is -2.27. The fraction of sp³-hybridized carbons (Fsp3) is 0.286. The predicted octanol–water partition coefficient (Wildman–Crippen LogP) is 4.80. The number of nitrogens with one attached hydrogen (secondary N) is 1. The molecule has 1 heterocycles. The number of nitrogens with zero attached hydrogens (tertiary/aromatic N) is 2. The van der Waals surface area contributed by atoms with Crippen LogP contribution in [-0.2, 0) is 6.54 Å². The van der Waals surface area contributed by atoms with Crippen molar-refractivity contribution in [2.45, 2.75) is 39.7 Å². The van der Waals surface area contributed by atoms with Crippen LogP contribution in [0, 0.1) is 6.92 Å². The molecule has 0 atom stereocenters. The molecule has 0 aliphatic rings. The Morgan fingerprint density at radius 3 is 2.59 bits per heavy atom. The van der Waals surface area contributed by atoms with Crippen LogP contribution in [0.5, 0.6) is 0 Å². The summed E-state index contributed by atoms with van der Waals surface area (Å²) in [5, 5.41) is 8.66. The van der Waals surface area contributed by atoms with Crippen molar-refractivity contribution in [1.82, 2.24) is 9.78 Å². The van der Waals surface area contributed by atoms with Gasteiger partial charge in [-0.3, -0.25) is 9.59 Å². The zero-order valence-corrected chi connectivity index (χ0v) is 16.2. The van der Waals surface area contributed by atoms with Gasteiger partial charge in [0.25, 0.3) is 11.5 Å². The molecule has 3 aromatic rings. The van der Waals surface area contributed by atoms with Crippen LogP contribution in [-0.4, -0.2) is 15.7 Å². The maximum Gasteiger partial charge on any atom is 0.276 e. The Balaban J connectivity index is 2.02. The molecule has 5 nitrogen and oxygen atoms in total. The van der Waals surface area contributed by atoms with E-state index in [2.05, 4.69) is 17.3 Å². The van der Waals surface area contributed by atoms with E-state index in [1.807, 2.05) is 13.0 Å². The zero-order valence-electron chi connectivity index (χ0n) is 15.5. The van der Waals surface area contributed by atoms with E-state index in [4.69, 9.17) is 11.6 Å². The number of halogens is 1. The van der Waals surface area contributed by atoms with Crippen LogP contribution in [0.3, 0.4) is 0 Å². The van der Waals surface area contributed by atoms with Crippen molar-refractivity contribution in [3.05, 3.63) is 69.1 Å². The first-order valence-corrected chi connectivity index (χ1v) is 9.46. The quantitative estimate of drug-likeness (QED) is 0.622. The highest BCUT2D eigenvalue weighted by atomic mass is 35.5. The van der Waals surface area contributed by atoms with Crippen LogP contribution in [0.4, 0.5) is 5.69 Å². The molecule has 0 spiro atoms. The number of benzene rings is 2. The molecule has 0 saturated heterocycles. The van der Waals surface area contributed by atoms with Gasteiger partial charge >= 0.3 is 0 Å². The third-order valence-corrected chi connectivity index (χ3v) is 4.74. The largest absolute Gasteiger partial charge is 0.319 e. The normalized spacial score (nSPS) is 10.9. The molecule has 0 unspecified atom stereocenters. The van der Waals surface area contributed by atoms with E-state index in [1.54, 1.807) is 36.4 Å². The number of hydrogen-bond acceptors (Lipinski definition) is 3. The van der Waals surface area contributed by atoms with Crippen molar-refractivity contribution in [2.75, 3.05) is 5.32 Å². The van der Waals surface area contributed by atoms with E-state index < -0.39 is 0 Å². The lowest BCUT2D eigenvalue weighted by atomic mass is 10.1. The molecule has 0 aliphatic carbocycles. The highest BCUT2D eigenvalue weighted by Gasteiger charge is 2.17. The molecule has 3 rings (SSSR count). The van der Waals surface area contributed by atoms with Crippen molar-refractivity contribution < 1.29 is 4.79 Å². The van der Waals surface area contributed by atoms with Crippen LogP contribution >= 0.6 is 11.6 Å². The number of hydrogen-bond donors (Lipinski definition) is 1. The summed E-state index contributed by atoms with van der Waals surface area (Å²) in [4.78, 5) is 25.6. The van der Waals surface area contributed by atoms with Gasteiger partial charge in [-0.15, -0.1) is 0 Å². The maximum atomic E-state index is 12.9. The second-order valence-corrected chi connectivity index (χ2v) is 6.97. The van der Waals surface area contributed by atoms with E-state index in [9.17, 15) is 9.59 Å². The van der Waals surface area contributed by atoms with Gasteiger partial charge < -0.3 is 5.32 Å². The fourth-order valence-corrected chi connectivity index (χ4v) is 3.25. The molecule has 0 saturated carbocycles. The molecule has 1 N–H and O–H groups in total. The molecule has 0 fully saturated rings. The van der Waals surface area contributed by atoms with Gasteiger partial charge in [0.2, 0.25) is 0 Å². The Labute approximate surface area is 163 Å². The van der Waals surface area contributed by atoms with Gasteiger partial charge in [-0.1, -0.05) is 55.6 Å². The summed E-state index contributed by atoms with van der Waals surface area (Å²) in [6.45, 7) is 4.52. The fourth-order valence-electron chi connectivity index (χ4n) is 2.97. The highest BCUT2D eigenvalue weighted by molar-refractivity contribution is 6.34. The minimum Gasteiger partial charge on any atom is -0.319 e. The van der Waals surface area contributed by atoms with Crippen LogP contribution in [0.2, 0.25) is 5.02 Å². The number of amides is 1. The van der Waals surface area contributed by atoms with Crippen molar-refractivity contribution in [2.24, 2.45) is 0 Å². The number of anilines is 1. The summed E-state index contributed by atoms with van der Waals surface area (Å²) in [6, 6.07) is 12.5. The molecular formula is C21H22ClN3O2. The lowest BCUT2D eigenvalue weighted by molar-refractivity contribution is 0.102. The van der Waals surface area contributed by atoms with E-state index >= 15 is 0 Å². The number of rotatable bonds is 6. The van der Waals surface area contributed by atoms with Crippen LogP contribution in [0.15, 0.2) is 47.3 Å². The van der Waals surface area contributed by atoms with Gasteiger partial charge in [-0.25, -0.2) is 4.68 Å². The molecule has 27 heavy (non-hydrogen) atoms. The third kappa shape index (κ3) is 4.19. The average molecular weight is 384 g/mol. The number of fused-ring (bicyclic) bond motifs is 1. The van der Waals surface area contributed by atoms with Gasteiger partial charge in [-0.2, -0.15) is 5.10 Å². The average Bonchev–Trinajstić information content (AvgIpc) is 2.66. The first-order valence-electron chi connectivity index (χ1n) is 9.08. The number of unbranched alkanes of at least 4 members (excludes halogenated alkanes) is 2. The molecule has 0 radical (unpaired) electrons. The molecule has 2 aromatic carbocycles. The van der Waals surface area contributed by atoms with Crippen molar-refractivity contribution in [1.29, 1.82) is 0 Å². The monoisotopic (exact) mass is 383 g/mol. The topological polar surface area (TPSA) is 64.0 Å². The Morgan fingerprint density at radius 1 is 1.15 bits per heavy atom. The molecule has 6 heteroatoms. The Morgan fingerprint density at radius 2 is 1.89 bits per heavy atom. The van der Waals surface area contributed by atoms with Crippen LogP contribution in [0.25, 0.3) is 10.8 Å². The Hall–Kier alpha value is -2.66. The molecule has 1 aromatic heterocycles. The standard InChI is InChI=1S/C21H22ClN3O2/c1-3-4-7-12-25-21(27)16-9-6-5-8-15(16)19(24-25)20(26)23-18-11-10-14(2)13-17(18)22/h5-6,8-11,13H,3-4,7,12H2,1-2H3,(H,23,26). The SMILES string of the molecule is CCCCCn1nc(C(=O)Nc2ccc(C)cc2Cl)c2ccccc2c1=O. The van der Waals surface area contributed by atoms with Crippen molar-refractivity contribution in [3.8, 4) is 0 Å².